The Bertz CT molecular complexity index is 376. The van der Waals surface area contributed by atoms with E-state index in [0.29, 0.717) is 23.7 Å². The van der Waals surface area contributed by atoms with Gasteiger partial charge in [-0.3, -0.25) is 4.79 Å². The lowest BCUT2D eigenvalue weighted by Crippen LogP contribution is -2.16. The average molecular weight is 197 g/mol. The first kappa shape index (κ1) is 10.7. The third-order valence-corrected chi connectivity index (χ3v) is 1.88. The van der Waals surface area contributed by atoms with Crippen LogP contribution in [0.5, 0.6) is 0 Å². The molecule has 0 aliphatic carbocycles. The summed E-state index contributed by atoms with van der Waals surface area (Å²) in [6, 6.07) is 0. The van der Waals surface area contributed by atoms with E-state index in [2.05, 4.69) is 9.97 Å². The number of rotatable bonds is 4. The number of imidazole rings is 1. The highest BCUT2D eigenvalue weighted by Crippen LogP contribution is 2.07. The predicted octanol–water partition coefficient (Wildman–Crippen LogP) is 0.0429. The molecule has 0 fully saturated rings. The third-order valence-electron chi connectivity index (χ3n) is 1.88. The van der Waals surface area contributed by atoms with Gasteiger partial charge in [0.1, 0.15) is 5.69 Å². The first-order valence-electron chi connectivity index (χ1n) is 4.59. The molecule has 0 bridgehead atoms. The van der Waals surface area contributed by atoms with Gasteiger partial charge in [-0.2, -0.15) is 0 Å². The molecule has 0 saturated carbocycles. The molecule has 1 aromatic heterocycles. The zero-order chi connectivity index (χ0) is 10.7. The van der Waals surface area contributed by atoms with Crippen LogP contribution in [0.3, 0.4) is 0 Å². The van der Waals surface area contributed by atoms with Crippen molar-refractivity contribution in [2.45, 2.75) is 20.3 Å². The maximum atomic E-state index is 11.3. The molecular formula is C9H15N3O2. The van der Waals surface area contributed by atoms with Crippen molar-refractivity contribution in [1.29, 1.82) is 0 Å². The molecule has 14 heavy (non-hydrogen) atoms. The second kappa shape index (κ2) is 4.23. The Morgan fingerprint density at radius 3 is 2.57 bits per heavy atom. The van der Waals surface area contributed by atoms with Crippen molar-refractivity contribution in [2.75, 3.05) is 6.54 Å². The topological polar surface area (TPSA) is 91.7 Å². The van der Waals surface area contributed by atoms with Gasteiger partial charge >= 0.3 is 5.69 Å². The van der Waals surface area contributed by atoms with Crippen LogP contribution in [0.2, 0.25) is 0 Å². The van der Waals surface area contributed by atoms with Gasteiger partial charge in [0.15, 0.2) is 5.78 Å². The highest BCUT2D eigenvalue weighted by Gasteiger charge is 2.14. The molecule has 4 N–H and O–H groups in total. The van der Waals surface area contributed by atoms with Crippen LogP contribution < -0.4 is 11.4 Å². The summed E-state index contributed by atoms with van der Waals surface area (Å²) in [7, 11) is 0. The number of ketones is 1. The van der Waals surface area contributed by atoms with Gasteiger partial charge in [-0.15, -0.1) is 0 Å². The first-order valence-corrected chi connectivity index (χ1v) is 4.59. The van der Waals surface area contributed by atoms with Crippen LogP contribution in [0.1, 0.15) is 30.0 Å². The van der Waals surface area contributed by atoms with Crippen molar-refractivity contribution in [3.8, 4) is 0 Å². The molecular weight excluding hydrogens is 182 g/mol. The lowest BCUT2D eigenvalue weighted by atomic mass is 10.1. The van der Waals surface area contributed by atoms with Gasteiger partial charge in [-0.1, -0.05) is 13.8 Å². The van der Waals surface area contributed by atoms with E-state index in [1.807, 2.05) is 13.8 Å². The molecule has 0 saturated heterocycles. The smallest absolute Gasteiger partial charge is 0.323 e. The van der Waals surface area contributed by atoms with Crippen LogP contribution in [0.25, 0.3) is 0 Å². The number of Topliss-reactive ketones (excluding diaryl/α,β-unsaturated/α-hetero) is 1. The minimum absolute atomic E-state index is 0.0844. The predicted molar refractivity (Wildman–Crippen MR) is 53.3 cm³/mol. The average Bonchev–Trinajstić information content (AvgIpc) is 2.44. The van der Waals surface area contributed by atoms with Crippen molar-refractivity contribution in [2.24, 2.45) is 11.7 Å². The Morgan fingerprint density at radius 2 is 2.07 bits per heavy atom. The van der Waals surface area contributed by atoms with Crippen molar-refractivity contribution in [3.05, 3.63) is 21.9 Å². The first-order chi connectivity index (χ1) is 6.54. The number of nitrogens with two attached hydrogens (primary N) is 1. The maximum Gasteiger partial charge on any atom is 0.323 e. The van der Waals surface area contributed by atoms with Crippen molar-refractivity contribution >= 4 is 5.78 Å². The molecule has 0 aliphatic rings. The normalized spacial score (nSPS) is 10.9. The molecule has 1 heterocycles. The zero-order valence-corrected chi connectivity index (χ0v) is 8.39. The third kappa shape index (κ3) is 2.32. The molecule has 0 aromatic carbocycles. The second-order valence-electron chi connectivity index (χ2n) is 3.66. The largest absolute Gasteiger partial charge is 0.324 e. The van der Waals surface area contributed by atoms with Gasteiger partial charge in [0.05, 0.1) is 6.54 Å². The molecule has 78 valence electrons. The SMILES string of the molecule is CC(C)Cc1[nH]c(=O)[nH]c1C(=O)CN. The second-order valence-corrected chi connectivity index (χ2v) is 3.66. The van der Waals surface area contributed by atoms with E-state index in [-0.39, 0.29) is 18.0 Å². The number of aromatic amines is 2. The summed E-state index contributed by atoms with van der Waals surface area (Å²) in [5, 5.41) is 0. The number of aromatic nitrogens is 2. The Kier molecular flexibility index (Phi) is 3.24. The highest BCUT2D eigenvalue weighted by molar-refractivity contribution is 5.96. The monoisotopic (exact) mass is 197 g/mol. The number of carbonyl (C=O) groups is 1. The number of hydrogen-bond acceptors (Lipinski definition) is 3. The molecule has 0 atom stereocenters. The molecule has 0 amide bonds. The standard InChI is InChI=1S/C9H15N3O2/c1-5(2)3-6-8(7(13)4-10)12-9(14)11-6/h5H,3-4,10H2,1-2H3,(H2,11,12,14). The molecule has 5 heteroatoms. The van der Waals surface area contributed by atoms with Gasteiger partial charge in [-0.25, -0.2) is 4.79 Å². The summed E-state index contributed by atoms with van der Waals surface area (Å²) in [5.41, 5.74) is 5.86. The molecule has 5 nitrogen and oxygen atoms in total. The fourth-order valence-corrected chi connectivity index (χ4v) is 1.32. The van der Waals surface area contributed by atoms with E-state index in [1.165, 1.54) is 0 Å². The van der Waals surface area contributed by atoms with Gasteiger partial charge in [0.2, 0.25) is 0 Å². The Morgan fingerprint density at radius 1 is 1.43 bits per heavy atom. The van der Waals surface area contributed by atoms with E-state index >= 15 is 0 Å². The van der Waals surface area contributed by atoms with Crippen molar-refractivity contribution in [1.82, 2.24) is 9.97 Å². The fourth-order valence-electron chi connectivity index (χ4n) is 1.32. The Balaban J connectivity index is 3.02. The summed E-state index contributed by atoms with van der Waals surface area (Å²) in [6.07, 6.45) is 0.666. The minimum atomic E-state index is -0.350. The lowest BCUT2D eigenvalue weighted by Gasteiger charge is -2.03. The molecule has 0 aliphatic heterocycles. The molecule has 0 unspecified atom stereocenters. The van der Waals surface area contributed by atoms with Crippen molar-refractivity contribution < 1.29 is 4.79 Å². The zero-order valence-electron chi connectivity index (χ0n) is 8.39. The van der Waals surface area contributed by atoms with Crippen LogP contribution >= 0.6 is 0 Å². The summed E-state index contributed by atoms with van der Waals surface area (Å²) in [5.74, 6) is 0.143. The van der Waals surface area contributed by atoms with Crippen LogP contribution in [0, 0.1) is 5.92 Å². The minimum Gasteiger partial charge on any atom is -0.324 e. The van der Waals surface area contributed by atoms with E-state index in [9.17, 15) is 9.59 Å². The fraction of sp³-hybridized carbons (Fsp3) is 0.556. The lowest BCUT2D eigenvalue weighted by molar-refractivity contribution is 0.0996. The molecule has 1 aromatic rings. The van der Waals surface area contributed by atoms with Gasteiger partial charge in [-0.05, 0) is 12.3 Å². The van der Waals surface area contributed by atoms with E-state index in [4.69, 9.17) is 5.73 Å². The number of hydrogen-bond donors (Lipinski definition) is 3. The summed E-state index contributed by atoms with van der Waals surface area (Å²) in [4.78, 5) is 27.4. The van der Waals surface area contributed by atoms with Crippen molar-refractivity contribution in [3.63, 3.8) is 0 Å². The van der Waals surface area contributed by atoms with E-state index in [0.717, 1.165) is 0 Å². The van der Waals surface area contributed by atoms with Crippen LogP contribution in [0.15, 0.2) is 4.79 Å². The van der Waals surface area contributed by atoms with E-state index < -0.39 is 0 Å². The van der Waals surface area contributed by atoms with Gasteiger partial charge in [0, 0.05) is 5.69 Å². The molecule has 0 radical (unpaired) electrons. The Hall–Kier alpha value is -1.36. The Labute approximate surface area is 81.7 Å². The van der Waals surface area contributed by atoms with E-state index in [1.54, 1.807) is 0 Å². The van der Waals surface area contributed by atoms with Crippen LogP contribution in [0.4, 0.5) is 0 Å². The van der Waals surface area contributed by atoms with Gasteiger partial charge < -0.3 is 15.7 Å². The maximum absolute atomic E-state index is 11.3. The number of nitrogens with one attached hydrogen (secondary N) is 2. The molecule has 1 rings (SSSR count). The summed E-state index contributed by atoms with van der Waals surface area (Å²) in [6.45, 7) is 3.95. The van der Waals surface area contributed by atoms with Crippen LogP contribution in [-0.2, 0) is 6.42 Å². The number of carbonyl (C=O) groups excluding carboxylic acids is 1. The van der Waals surface area contributed by atoms with Crippen LogP contribution in [-0.4, -0.2) is 22.3 Å². The number of H-pyrrole nitrogens is 2. The quantitative estimate of drug-likeness (QED) is 0.595. The molecule has 0 spiro atoms. The van der Waals surface area contributed by atoms with Gasteiger partial charge in [0.25, 0.3) is 0 Å². The summed E-state index contributed by atoms with van der Waals surface area (Å²) >= 11 is 0. The summed E-state index contributed by atoms with van der Waals surface area (Å²) < 4.78 is 0. The highest BCUT2D eigenvalue weighted by atomic mass is 16.1.